The zero-order valence-electron chi connectivity index (χ0n) is 9.67. The van der Waals surface area contributed by atoms with Gasteiger partial charge in [-0.2, -0.15) is 0 Å². The second-order valence-corrected chi connectivity index (χ2v) is 4.68. The van der Waals surface area contributed by atoms with Crippen molar-refractivity contribution >= 4 is 29.1 Å². The molecule has 0 aliphatic heterocycles. The van der Waals surface area contributed by atoms with E-state index in [4.69, 9.17) is 10.8 Å². The van der Waals surface area contributed by atoms with E-state index in [0.717, 1.165) is 0 Å². The van der Waals surface area contributed by atoms with Crippen molar-refractivity contribution in [3.8, 4) is 0 Å². The average molecular weight is 271 g/mol. The molecule has 0 saturated heterocycles. The number of carbonyl (C=O) groups excluding carboxylic acids is 2. The maximum Gasteiger partial charge on any atom is 0.326 e. The molecule has 0 saturated carbocycles. The maximum atomic E-state index is 11.7. The van der Waals surface area contributed by atoms with Crippen molar-refractivity contribution in [1.82, 2.24) is 10.3 Å². The van der Waals surface area contributed by atoms with Gasteiger partial charge in [0.2, 0.25) is 5.91 Å². The minimum absolute atomic E-state index is 0.0421. The van der Waals surface area contributed by atoms with Crippen LogP contribution in [-0.2, 0) is 9.59 Å². The monoisotopic (exact) mass is 271 g/mol. The molecule has 8 heteroatoms. The molecule has 1 rings (SSSR count). The zero-order valence-corrected chi connectivity index (χ0v) is 10.5. The Hall–Kier alpha value is -1.96. The molecule has 98 valence electrons. The van der Waals surface area contributed by atoms with Gasteiger partial charge in [0, 0.05) is 11.8 Å². The number of hydrogen-bond acceptors (Lipinski definition) is 5. The highest BCUT2D eigenvalue weighted by atomic mass is 32.1. The number of carboxylic acid groups (broad SMARTS) is 1. The summed E-state index contributed by atoms with van der Waals surface area (Å²) < 4.78 is 0. The van der Waals surface area contributed by atoms with Crippen LogP contribution in [0.4, 0.5) is 0 Å². The third-order valence-corrected chi connectivity index (χ3v) is 2.91. The topological polar surface area (TPSA) is 122 Å². The number of carboxylic acids is 1. The molecule has 0 aromatic carbocycles. The number of thiazole rings is 1. The van der Waals surface area contributed by atoms with Crippen molar-refractivity contribution in [2.75, 3.05) is 0 Å². The van der Waals surface area contributed by atoms with Crippen molar-refractivity contribution in [1.29, 1.82) is 0 Å². The van der Waals surface area contributed by atoms with E-state index in [1.54, 1.807) is 6.92 Å². The number of aromatic nitrogens is 1. The van der Waals surface area contributed by atoms with Gasteiger partial charge in [-0.15, -0.1) is 11.3 Å². The number of aryl methyl sites for hydroxylation is 1. The second-order valence-electron chi connectivity index (χ2n) is 3.62. The molecule has 0 unspecified atom stereocenters. The quantitative estimate of drug-likeness (QED) is 0.666. The molecule has 1 atom stereocenters. The minimum atomic E-state index is -1.21. The SMILES string of the molecule is Cc1nc(C(=O)N[C@H](CCC(N)=O)C(=O)O)cs1. The Labute approximate surface area is 107 Å². The summed E-state index contributed by atoms with van der Waals surface area (Å²) in [7, 11) is 0. The van der Waals surface area contributed by atoms with Crippen LogP contribution in [-0.4, -0.2) is 33.9 Å². The number of hydrogen-bond donors (Lipinski definition) is 3. The number of primary amides is 1. The van der Waals surface area contributed by atoms with E-state index in [-0.39, 0.29) is 18.5 Å². The van der Waals surface area contributed by atoms with Gasteiger partial charge < -0.3 is 16.2 Å². The lowest BCUT2D eigenvalue weighted by molar-refractivity contribution is -0.139. The number of nitrogens with two attached hydrogens (primary N) is 1. The first-order valence-electron chi connectivity index (χ1n) is 5.14. The third-order valence-electron chi connectivity index (χ3n) is 2.13. The van der Waals surface area contributed by atoms with Crippen molar-refractivity contribution in [2.24, 2.45) is 5.73 Å². The maximum absolute atomic E-state index is 11.7. The summed E-state index contributed by atoms with van der Waals surface area (Å²) in [5, 5.41) is 13.5. The van der Waals surface area contributed by atoms with Crippen molar-refractivity contribution in [3.63, 3.8) is 0 Å². The Morgan fingerprint density at radius 2 is 2.22 bits per heavy atom. The molecule has 0 spiro atoms. The first kappa shape index (κ1) is 14.1. The Morgan fingerprint density at radius 1 is 1.56 bits per heavy atom. The fourth-order valence-electron chi connectivity index (χ4n) is 1.24. The van der Waals surface area contributed by atoms with Gasteiger partial charge in [-0.1, -0.05) is 0 Å². The number of nitrogens with zero attached hydrogens (tertiary/aromatic N) is 1. The highest BCUT2D eigenvalue weighted by Gasteiger charge is 2.22. The molecule has 7 nitrogen and oxygen atoms in total. The van der Waals surface area contributed by atoms with Crippen LogP contribution in [0, 0.1) is 6.92 Å². The summed E-state index contributed by atoms with van der Waals surface area (Å²) in [5.41, 5.74) is 5.10. The predicted octanol–water partition coefficient (Wildman–Crippen LogP) is -0.1000. The summed E-state index contributed by atoms with van der Waals surface area (Å²) in [5.74, 6) is -2.40. The molecule has 0 bridgehead atoms. The van der Waals surface area contributed by atoms with Gasteiger partial charge in [-0.25, -0.2) is 9.78 Å². The molecule has 4 N–H and O–H groups in total. The number of nitrogens with one attached hydrogen (secondary N) is 1. The first-order valence-corrected chi connectivity index (χ1v) is 6.02. The highest BCUT2D eigenvalue weighted by molar-refractivity contribution is 7.09. The van der Waals surface area contributed by atoms with Crippen molar-refractivity contribution in [3.05, 3.63) is 16.1 Å². The van der Waals surface area contributed by atoms with Crippen LogP contribution in [0.1, 0.15) is 28.3 Å². The highest BCUT2D eigenvalue weighted by Crippen LogP contribution is 2.08. The fraction of sp³-hybridized carbons (Fsp3) is 0.400. The molecule has 0 aliphatic carbocycles. The summed E-state index contributed by atoms with van der Waals surface area (Å²) in [4.78, 5) is 37.1. The molecule has 18 heavy (non-hydrogen) atoms. The summed E-state index contributed by atoms with van der Waals surface area (Å²) >= 11 is 1.29. The first-order chi connectivity index (χ1) is 8.40. The largest absolute Gasteiger partial charge is 0.480 e. The van der Waals surface area contributed by atoms with E-state index in [2.05, 4.69) is 10.3 Å². The lowest BCUT2D eigenvalue weighted by Gasteiger charge is -2.12. The van der Waals surface area contributed by atoms with Gasteiger partial charge in [0.15, 0.2) is 0 Å². The summed E-state index contributed by atoms with van der Waals surface area (Å²) in [6.45, 7) is 1.74. The Morgan fingerprint density at radius 3 is 2.67 bits per heavy atom. The number of aliphatic carboxylic acids is 1. The Kier molecular flexibility index (Phi) is 4.78. The Balaban J connectivity index is 2.63. The Bertz CT molecular complexity index is 471. The van der Waals surface area contributed by atoms with E-state index in [1.165, 1.54) is 16.7 Å². The van der Waals surface area contributed by atoms with Crippen LogP contribution in [0.15, 0.2) is 5.38 Å². The molecule has 0 fully saturated rings. The van der Waals surface area contributed by atoms with Gasteiger partial charge in [0.05, 0.1) is 5.01 Å². The van der Waals surface area contributed by atoms with Crippen molar-refractivity contribution in [2.45, 2.75) is 25.8 Å². The van der Waals surface area contributed by atoms with Crippen LogP contribution in [0.5, 0.6) is 0 Å². The van der Waals surface area contributed by atoms with Crippen molar-refractivity contribution < 1.29 is 19.5 Å². The standard InChI is InChI=1S/C10H13N3O4S/c1-5-12-7(4-18-5)9(15)13-6(10(16)17)2-3-8(11)14/h4,6H,2-3H2,1H3,(H2,11,14)(H,13,15)(H,16,17)/t6-/m1/s1. The van der Waals surface area contributed by atoms with Crippen LogP contribution in [0.25, 0.3) is 0 Å². The van der Waals surface area contributed by atoms with Crippen LogP contribution in [0.3, 0.4) is 0 Å². The van der Waals surface area contributed by atoms with E-state index in [9.17, 15) is 14.4 Å². The molecule has 0 radical (unpaired) electrons. The van der Waals surface area contributed by atoms with Gasteiger partial charge in [-0.05, 0) is 13.3 Å². The molecular formula is C10H13N3O4S. The average Bonchev–Trinajstić information content (AvgIpc) is 2.70. The second kappa shape index (κ2) is 6.10. The molecule has 1 aromatic heterocycles. The van der Waals surface area contributed by atoms with E-state index in [0.29, 0.717) is 5.01 Å². The summed E-state index contributed by atoms with van der Waals surface area (Å²) in [6, 6.07) is -1.15. The van der Waals surface area contributed by atoms with Crippen LogP contribution >= 0.6 is 11.3 Å². The lowest BCUT2D eigenvalue weighted by atomic mass is 10.1. The zero-order chi connectivity index (χ0) is 13.7. The van der Waals surface area contributed by atoms with Gasteiger partial charge >= 0.3 is 5.97 Å². The van der Waals surface area contributed by atoms with E-state index >= 15 is 0 Å². The molecule has 0 aliphatic rings. The fourth-order valence-corrected chi connectivity index (χ4v) is 1.84. The normalized spacial score (nSPS) is 11.8. The molecule has 1 aromatic rings. The molecule has 2 amide bonds. The molecule has 1 heterocycles. The van der Waals surface area contributed by atoms with E-state index < -0.39 is 23.8 Å². The number of amides is 2. The van der Waals surface area contributed by atoms with Crippen LogP contribution in [0.2, 0.25) is 0 Å². The smallest absolute Gasteiger partial charge is 0.326 e. The third kappa shape index (κ3) is 4.13. The lowest BCUT2D eigenvalue weighted by Crippen LogP contribution is -2.41. The summed E-state index contributed by atoms with van der Waals surface area (Å²) in [6.07, 6.45) is -0.146. The number of rotatable bonds is 6. The van der Waals surface area contributed by atoms with Crippen LogP contribution < -0.4 is 11.1 Å². The van der Waals surface area contributed by atoms with Gasteiger partial charge in [0.1, 0.15) is 11.7 Å². The predicted molar refractivity (Wildman–Crippen MR) is 64.2 cm³/mol. The molecular weight excluding hydrogens is 258 g/mol. The minimum Gasteiger partial charge on any atom is -0.480 e. The van der Waals surface area contributed by atoms with Gasteiger partial charge in [0.25, 0.3) is 5.91 Å². The van der Waals surface area contributed by atoms with Gasteiger partial charge in [-0.3, -0.25) is 9.59 Å². The van der Waals surface area contributed by atoms with E-state index in [1.807, 2.05) is 0 Å². The number of carbonyl (C=O) groups is 3.